The van der Waals surface area contributed by atoms with E-state index in [1.807, 2.05) is 18.3 Å². The van der Waals surface area contributed by atoms with E-state index < -0.39 is 0 Å². The number of rotatable bonds is 1. The first-order valence-electron chi connectivity index (χ1n) is 9.16. The molecular formula is C25H16N2. The molecule has 1 aliphatic rings. The lowest BCUT2D eigenvalue weighted by molar-refractivity contribution is 1.04. The van der Waals surface area contributed by atoms with Gasteiger partial charge in [0.15, 0.2) is 0 Å². The topological polar surface area (TPSA) is 17.8 Å². The van der Waals surface area contributed by atoms with E-state index in [-0.39, 0.29) is 0 Å². The van der Waals surface area contributed by atoms with E-state index in [1.54, 1.807) is 0 Å². The van der Waals surface area contributed by atoms with Crippen molar-refractivity contribution in [2.75, 3.05) is 0 Å². The second kappa shape index (κ2) is 5.42. The summed E-state index contributed by atoms with van der Waals surface area (Å²) in [5.74, 6) is 0.942. The average molecular weight is 344 g/mol. The Balaban J connectivity index is 1.82. The first-order chi connectivity index (χ1) is 13.4. The summed E-state index contributed by atoms with van der Waals surface area (Å²) in [5, 5.41) is 1.29. The molecule has 2 nitrogen and oxygen atoms in total. The smallest absolute Gasteiger partial charge is 0.137 e. The highest BCUT2D eigenvalue weighted by Gasteiger charge is 2.23. The van der Waals surface area contributed by atoms with Crippen molar-refractivity contribution in [1.29, 1.82) is 0 Å². The van der Waals surface area contributed by atoms with Crippen LogP contribution in [0.2, 0.25) is 0 Å². The summed E-state index contributed by atoms with van der Waals surface area (Å²) < 4.78 is 2.21. The van der Waals surface area contributed by atoms with Gasteiger partial charge in [0.2, 0.25) is 0 Å². The van der Waals surface area contributed by atoms with E-state index in [2.05, 4.69) is 88.5 Å². The molecule has 0 N–H and O–H groups in total. The summed E-state index contributed by atoms with van der Waals surface area (Å²) in [7, 11) is 0. The maximum atomic E-state index is 4.58. The van der Waals surface area contributed by atoms with E-state index in [4.69, 9.17) is 0 Å². The van der Waals surface area contributed by atoms with Gasteiger partial charge >= 0.3 is 0 Å². The Bertz CT molecular complexity index is 1310. The lowest BCUT2D eigenvalue weighted by atomic mass is 9.94. The third-order valence-corrected chi connectivity index (χ3v) is 5.45. The number of fused-ring (bicyclic) bond motifs is 5. The van der Waals surface area contributed by atoms with Gasteiger partial charge in [-0.05, 0) is 46.0 Å². The van der Waals surface area contributed by atoms with Gasteiger partial charge in [-0.25, -0.2) is 4.98 Å². The molecule has 0 amide bonds. The van der Waals surface area contributed by atoms with E-state index in [1.165, 1.54) is 44.3 Å². The Morgan fingerprint density at radius 2 is 1.11 bits per heavy atom. The highest BCUT2D eigenvalue weighted by atomic mass is 15.0. The summed E-state index contributed by atoms with van der Waals surface area (Å²) in [4.78, 5) is 4.58. The van der Waals surface area contributed by atoms with E-state index in [0.717, 1.165) is 5.82 Å². The van der Waals surface area contributed by atoms with Crippen LogP contribution in [0.4, 0.5) is 0 Å². The quantitative estimate of drug-likeness (QED) is 0.340. The SMILES string of the molecule is c1ccc(-n2cc3c4c(cccc42)-c2ccccc2-c2ccccc2-3)nc1. The minimum absolute atomic E-state index is 0.942. The number of benzene rings is 3. The molecule has 0 fully saturated rings. The van der Waals surface area contributed by atoms with Crippen molar-refractivity contribution in [3.8, 4) is 39.2 Å². The maximum absolute atomic E-state index is 4.58. The van der Waals surface area contributed by atoms with Crippen molar-refractivity contribution in [1.82, 2.24) is 9.55 Å². The van der Waals surface area contributed by atoms with Gasteiger partial charge in [-0.3, -0.25) is 0 Å². The van der Waals surface area contributed by atoms with Crippen LogP contribution in [-0.2, 0) is 0 Å². The van der Waals surface area contributed by atoms with Gasteiger partial charge in [0.1, 0.15) is 5.82 Å². The molecule has 27 heavy (non-hydrogen) atoms. The lowest BCUT2D eigenvalue weighted by Crippen LogP contribution is -1.95. The molecule has 1 aliphatic carbocycles. The van der Waals surface area contributed by atoms with E-state index in [0.29, 0.717) is 0 Å². The second-order valence-electron chi connectivity index (χ2n) is 6.89. The monoisotopic (exact) mass is 344 g/mol. The van der Waals surface area contributed by atoms with Crippen LogP contribution in [0.25, 0.3) is 50.1 Å². The largest absolute Gasteiger partial charge is 0.301 e. The summed E-state index contributed by atoms with van der Waals surface area (Å²) >= 11 is 0. The average Bonchev–Trinajstić information content (AvgIpc) is 3.09. The molecule has 0 aliphatic heterocycles. The molecule has 0 unspecified atom stereocenters. The van der Waals surface area contributed by atoms with Gasteiger partial charge in [0.05, 0.1) is 5.52 Å². The zero-order valence-corrected chi connectivity index (χ0v) is 14.6. The maximum Gasteiger partial charge on any atom is 0.137 e. The Morgan fingerprint density at radius 1 is 0.519 bits per heavy atom. The number of hydrogen-bond donors (Lipinski definition) is 0. The Morgan fingerprint density at radius 3 is 1.78 bits per heavy atom. The number of hydrogen-bond acceptors (Lipinski definition) is 1. The zero-order chi connectivity index (χ0) is 17.8. The van der Waals surface area contributed by atoms with Crippen molar-refractivity contribution in [3.63, 3.8) is 0 Å². The van der Waals surface area contributed by atoms with Gasteiger partial charge in [-0.2, -0.15) is 0 Å². The van der Waals surface area contributed by atoms with Gasteiger partial charge < -0.3 is 4.57 Å². The Hall–Kier alpha value is -3.65. The van der Waals surface area contributed by atoms with Crippen LogP contribution in [0.3, 0.4) is 0 Å². The standard InChI is InChI=1S/C25H16N2/c1-3-10-19-17(8-1)18-9-2-4-11-20(18)22-16-27(24-14-5-6-15-26-24)23-13-7-12-21(19)25(22)23/h1-16H. The van der Waals surface area contributed by atoms with Crippen molar-refractivity contribution in [2.24, 2.45) is 0 Å². The van der Waals surface area contributed by atoms with Crippen LogP contribution >= 0.6 is 0 Å². The number of nitrogens with zero attached hydrogens (tertiary/aromatic N) is 2. The molecule has 0 spiro atoms. The van der Waals surface area contributed by atoms with Crippen LogP contribution in [0.1, 0.15) is 0 Å². The third-order valence-electron chi connectivity index (χ3n) is 5.45. The first kappa shape index (κ1) is 14.5. The van der Waals surface area contributed by atoms with Crippen LogP contribution in [0, 0.1) is 0 Å². The van der Waals surface area contributed by atoms with Gasteiger partial charge in [0.25, 0.3) is 0 Å². The summed E-state index contributed by atoms with van der Waals surface area (Å²) in [5.41, 5.74) is 8.86. The van der Waals surface area contributed by atoms with Crippen molar-refractivity contribution >= 4 is 10.9 Å². The molecule has 2 heterocycles. The fraction of sp³-hybridized carbons (Fsp3) is 0. The predicted molar refractivity (Wildman–Crippen MR) is 111 cm³/mol. The van der Waals surface area contributed by atoms with E-state index in [9.17, 15) is 0 Å². The van der Waals surface area contributed by atoms with Crippen molar-refractivity contribution in [2.45, 2.75) is 0 Å². The fourth-order valence-electron chi connectivity index (χ4n) is 4.31. The molecule has 126 valence electrons. The first-order valence-corrected chi connectivity index (χ1v) is 9.16. The predicted octanol–water partition coefficient (Wildman–Crippen LogP) is 6.34. The van der Waals surface area contributed by atoms with Crippen LogP contribution in [-0.4, -0.2) is 9.55 Å². The van der Waals surface area contributed by atoms with Gasteiger partial charge in [-0.1, -0.05) is 66.7 Å². The Labute approximate surface area is 157 Å². The molecular weight excluding hydrogens is 328 g/mol. The molecule has 3 aromatic carbocycles. The van der Waals surface area contributed by atoms with Crippen molar-refractivity contribution in [3.05, 3.63) is 97.3 Å². The second-order valence-corrected chi connectivity index (χ2v) is 6.89. The minimum atomic E-state index is 0.942. The summed E-state index contributed by atoms with van der Waals surface area (Å²) in [6, 6.07) is 30.0. The molecule has 2 heteroatoms. The molecule has 2 aromatic heterocycles. The molecule has 6 rings (SSSR count). The van der Waals surface area contributed by atoms with Gasteiger partial charge in [-0.15, -0.1) is 0 Å². The fourth-order valence-corrected chi connectivity index (χ4v) is 4.31. The summed E-state index contributed by atoms with van der Waals surface area (Å²) in [6.45, 7) is 0. The molecule has 0 saturated carbocycles. The number of aromatic nitrogens is 2. The summed E-state index contributed by atoms with van der Waals surface area (Å²) in [6.07, 6.45) is 4.08. The molecule has 0 radical (unpaired) electrons. The molecule has 5 aromatic rings. The minimum Gasteiger partial charge on any atom is -0.301 e. The highest BCUT2D eigenvalue weighted by Crippen LogP contribution is 2.48. The number of pyridine rings is 1. The molecule has 0 bridgehead atoms. The third kappa shape index (κ3) is 1.98. The van der Waals surface area contributed by atoms with Crippen LogP contribution in [0.5, 0.6) is 0 Å². The normalized spacial score (nSPS) is 11.7. The van der Waals surface area contributed by atoms with Crippen molar-refractivity contribution < 1.29 is 0 Å². The highest BCUT2D eigenvalue weighted by molar-refractivity contribution is 6.13. The van der Waals surface area contributed by atoms with Crippen LogP contribution < -0.4 is 0 Å². The van der Waals surface area contributed by atoms with Crippen LogP contribution in [0.15, 0.2) is 97.3 Å². The lowest BCUT2D eigenvalue weighted by Gasteiger charge is -2.11. The molecule has 0 saturated heterocycles. The molecule has 0 atom stereocenters. The van der Waals surface area contributed by atoms with Gasteiger partial charge in [0, 0.05) is 23.3 Å². The van der Waals surface area contributed by atoms with E-state index >= 15 is 0 Å². The Kier molecular flexibility index (Phi) is 2.91. The zero-order valence-electron chi connectivity index (χ0n) is 14.6.